The normalized spacial score (nSPS) is 12.8. The fourth-order valence-electron chi connectivity index (χ4n) is 2.31. The summed E-state index contributed by atoms with van der Waals surface area (Å²) in [5.74, 6) is -0.677. The molecule has 23 heavy (non-hydrogen) atoms. The second-order valence-corrected chi connectivity index (χ2v) is 7.11. The van der Waals surface area contributed by atoms with Gasteiger partial charge in [0.1, 0.15) is 4.88 Å². The summed E-state index contributed by atoms with van der Waals surface area (Å²) in [6.07, 6.45) is 3.96. The molecule has 0 aromatic carbocycles. The summed E-state index contributed by atoms with van der Waals surface area (Å²) in [5.41, 5.74) is 1.20. The number of carbonyl (C=O) groups excluding carboxylic acids is 3. The first-order valence-electron chi connectivity index (χ1n) is 7.82. The van der Waals surface area contributed by atoms with Gasteiger partial charge in [-0.1, -0.05) is 13.8 Å². The number of aryl methyl sites for hydroxylation is 2. The van der Waals surface area contributed by atoms with Crippen LogP contribution in [0, 0.1) is 5.92 Å². The summed E-state index contributed by atoms with van der Waals surface area (Å²) in [7, 11) is 0. The van der Waals surface area contributed by atoms with E-state index >= 15 is 0 Å². The van der Waals surface area contributed by atoms with Gasteiger partial charge in [0.25, 0.3) is 5.91 Å². The van der Waals surface area contributed by atoms with Crippen molar-refractivity contribution < 1.29 is 19.1 Å². The third-order valence-corrected chi connectivity index (χ3v) is 4.76. The fourth-order valence-corrected chi connectivity index (χ4v) is 3.46. The molecule has 0 saturated heterocycles. The smallest absolute Gasteiger partial charge is 0.348 e. The number of hydrogen-bond donors (Lipinski definition) is 2. The molecule has 1 heterocycles. The molecule has 0 unspecified atom stereocenters. The molecule has 1 aromatic heterocycles. The van der Waals surface area contributed by atoms with E-state index in [1.54, 1.807) is 0 Å². The second-order valence-electron chi connectivity index (χ2n) is 5.98. The van der Waals surface area contributed by atoms with Gasteiger partial charge in [-0.2, -0.15) is 0 Å². The van der Waals surface area contributed by atoms with Gasteiger partial charge in [0.2, 0.25) is 0 Å². The van der Waals surface area contributed by atoms with Crippen LogP contribution in [0.4, 0.5) is 4.79 Å². The van der Waals surface area contributed by atoms with Gasteiger partial charge in [-0.15, -0.1) is 11.3 Å². The van der Waals surface area contributed by atoms with Gasteiger partial charge in [0.05, 0.1) is 0 Å². The maximum atomic E-state index is 11.9. The molecular formula is C16H22N2O4S. The van der Waals surface area contributed by atoms with E-state index in [4.69, 9.17) is 4.74 Å². The number of nitrogens with one attached hydrogen (secondary N) is 2. The second kappa shape index (κ2) is 8.10. The lowest BCUT2D eigenvalue weighted by Crippen LogP contribution is -2.41. The van der Waals surface area contributed by atoms with E-state index in [0.717, 1.165) is 25.7 Å². The van der Waals surface area contributed by atoms with Crippen molar-refractivity contribution in [2.45, 2.75) is 39.5 Å². The highest BCUT2D eigenvalue weighted by Gasteiger charge is 2.20. The minimum absolute atomic E-state index is 0.459. The van der Waals surface area contributed by atoms with E-state index < -0.39 is 24.5 Å². The highest BCUT2D eigenvalue weighted by Crippen LogP contribution is 2.30. The van der Waals surface area contributed by atoms with Crippen molar-refractivity contribution in [3.8, 4) is 0 Å². The van der Waals surface area contributed by atoms with Crippen molar-refractivity contribution in [1.82, 2.24) is 10.6 Å². The van der Waals surface area contributed by atoms with Crippen LogP contribution in [0.5, 0.6) is 0 Å². The van der Waals surface area contributed by atoms with Crippen molar-refractivity contribution in [2.24, 2.45) is 5.92 Å². The van der Waals surface area contributed by atoms with Crippen LogP contribution >= 0.6 is 11.3 Å². The van der Waals surface area contributed by atoms with Crippen molar-refractivity contribution >= 4 is 29.2 Å². The molecule has 1 aliphatic rings. The van der Waals surface area contributed by atoms with Gasteiger partial charge in [0.15, 0.2) is 6.61 Å². The van der Waals surface area contributed by atoms with Gasteiger partial charge < -0.3 is 10.1 Å². The van der Waals surface area contributed by atoms with Crippen molar-refractivity contribution in [2.75, 3.05) is 13.2 Å². The van der Waals surface area contributed by atoms with E-state index in [1.807, 2.05) is 19.9 Å². The molecule has 0 aliphatic heterocycles. The first-order chi connectivity index (χ1) is 11.0. The zero-order valence-electron chi connectivity index (χ0n) is 13.4. The highest BCUT2D eigenvalue weighted by molar-refractivity contribution is 7.14. The lowest BCUT2D eigenvalue weighted by molar-refractivity contribution is -0.123. The Balaban J connectivity index is 1.69. The van der Waals surface area contributed by atoms with E-state index in [1.165, 1.54) is 21.8 Å². The molecule has 126 valence electrons. The van der Waals surface area contributed by atoms with Gasteiger partial charge in [-0.05, 0) is 43.2 Å². The van der Waals surface area contributed by atoms with Crippen molar-refractivity contribution in [1.29, 1.82) is 0 Å². The van der Waals surface area contributed by atoms with Crippen molar-refractivity contribution in [3.63, 3.8) is 0 Å². The fraction of sp³-hybridized carbons (Fsp3) is 0.562. The van der Waals surface area contributed by atoms with E-state index in [2.05, 4.69) is 10.6 Å². The third kappa shape index (κ3) is 5.35. The van der Waals surface area contributed by atoms with Crippen LogP contribution in [0.1, 0.15) is 46.8 Å². The molecule has 0 atom stereocenters. The number of imide groups is 1. The molecule has 0 spiro atoms. The topological polar surface area (TPSA) is 84.5 Å². The number of hydrogen-bond acceptors (Lipinski definition) is 5. The van der Waals surface area contributed by atoms with Crippen LogP contribution in [-0.2, 0) is 22.4 Å². The van der Waals surface area contributed by atoms with E-state index in [9.17, 15) is 14.4 Å². The first kappa shape index (κ1) is 17.5. The number of esters is 1. The Morgan fingerprint density at radius 3 is 2.78 bits per heavy atom. The Hall–Kier alpha value is -1.89. The Morgan fingerprint density at radius 2 is 2.09 bits per heavy atom. The SMILES string of the molecule is CC(C)CCNC(=O)NC(=O)COC(=O)c1cc2c(s1)CCC2. The molecular weight excluding hydrogens is 316 g/mol. The summed E-state index contributed by atoms with van der Waals surface area (Å²) in [5, 5.41) is 4.72. The van der Waals surface area contributed by atoms with Crippen LogP contribution in [-0.4, -0.2) is 31.1 Å². The number of urea groups is 1. The van der Waals surface area contributed by atoms with E-state index in [-0.39, 0.29) is 0 Å². The summed E-state index contributed by atoms with van der Waals surface area (Å²) < 4.78 is 4.95. The number of amides is 3. The number of carbonyl (C=O) groups is 3. The molecule has 2 N–H and O–H groups in total. The van der Waals surface area contributed by atoms with Gasteiger partial charge in [0, 0.05) is 11.4 Å². The molecule has 1 aromatic rings. The predicted molar refractivity (Wildman–Crippen MR) is 87.6 cm³/mol. The number of fused-ring (bicyclic) bond motifs is 1. The van der Waals surface area contributed by atoms with Gasteiger partial charge >= 0.3 is 12.0 Å². The minimum Gasteiger partial charge on any atom is -0.451 e. The Labute approximate surface area is 139 Å². The predicted octanol–water partition coefficient (Wildman–Crippen LogP) is 2.27. The molecule has 0 bridgehead atoms. The summed E-state index contributed by atoms with van der Waals surface area (Å²) in [4.78, 5) is 36.7. The Bertz CT molecular complexity index is 573. The molecule has 0 radical (unpaired) electrons. The standard InChI is InChI=1S/C16H22N2O4S/c1-10(2)6-7-17-16(21)18-14(19)9-22-15(20)13-8-11-4-3-5-12(11)23-13/h8,10H,3-7,9H2,1-2H3,(H2,17,18,19,21). The molecule has 0 fully saturated rings. The first-order valence-corrected chi connectivity index (χ1v) is 8.63. The monoisotopic (exact) mass is 338 g/mol. The van der Waals surface area contributed by atoms with Gasteiger partial charge in [-0.25, -0.2) is 9.59 Å². The van der Waals surface area contributed by atoms with Crippen LogP contribution in [0.15, 0.2) is 6.07 Å². The van der Waals surface area contributed by atoms with Crippen LogP contribution in [0.3, 0.4) is 0 Å². The third-order valence-electron chi connectivity index (χ3n) is 3.54. The Kier molecular flexibility index (Phi) is 6.15. The molecule has 7 heteroatoms. The summed E-state index contributed by atoms with van der Waals surface area (Å²) in [6.45, 7) is 4.13. The van der Waals surface area contributed by atoms with Crippen LogP contribution < -0.4 is 10.6 Å². The molecule has 6 nitrogen and oxygen atoms in total. The minimum atomic E-state index is -0.635. The zero-order valence-corrected chi connectivity index (χ0v) is 14.3. The molecule has 0 saturated carbocycles. The highest BCUT2D eigenvalue weighted by atomic mass is 32.1. The molecule has 3 amide bonds. The average Bonchev–Trinajstić information content (AvgIpc) is 3.05. The maximum Gasteiger partial charge on any atom is 0.348 e. The maximum absolute atomic E-state index is 11.9. The largest absolute Gasteiger partial charge is 0.451 e. The van der Waals surface area contributed by atoms with E-state index in [0.29, 0.717) is 17.3 Å². The van der Waals surface area contributed by atoms with Crippen LogP contribution in [0.25, 0.3) is 0 Å². The van der Waals surface area contributed by atoms with Gasteiger partial charge in [-0.3, -0.25) is 10.1 Å². The zero-order chi connectivity index (χ0) is 16.8. The number of ether oxygens (including phenoxy) is 1. The Morgan fingerprint density at radius 1 is 1.30 bits per heavy atom. The summed E-state index contributed by atoms with van der Waals surface area (Å²) in [6, 6.07) is 1.27. The van der Waals surface area contributed by atoms with Crippen LogP contribution in [0.2, 0.25) is 0 Å². The summed E-state index contributed by atoms with van der Waals surface area (Å²) >= 11 is 1.42. The lowest BCUT2D eigenvalue weighted by Gasteiger charge is -2.08. The number of thiophene rings is 1. The van der Waals surface area contributed by atoms with Crippen molar-refractivity contribution in [3.05, 3.63) is 21.4 Å². The molecule has 2 rings (SSSR count). The number of rotatable bonds is 6. The molecule has 1 aliphatic carbocycles. The quantitative estimate of drug-likeness (QED) is 0.779. The lowest BCUT2D eigenvalue weighted by atomic mass is 10.1. The average molecular weight is 338 g/mol.